The van der Waals surface area contributed by atoms with Gasteiger partial charge in [-0.25, -0.2) is 8.42 Å². The first-order chi connectivity index (χ1) is 23.6. The van der Waals surface area contributed by atoms with Crippen LogP contribution in [-0.2, 0) is 9.84 Å². The Hall–Kier alpha value is -5.56. The number of benzene rings is 7. The van der Waals surface area contributed by atoms with Crippen LogP contribution in [0.1, 0.15) is 0 Å². The number of sulfone groups is 1. The zero-order valence-electron chi connectivity index (χ0n) is 25.7. The number of hydrogen-bond acceptors (Lipinski definition) is 4. The van der Waals surface area contributed by atoms with Gasteiger partial charge in [0.2, 0.25) is 9.84 Å². The zero-order valence-corrected chi connectivity index (χ0v) is 27.3. The molecule has 7 aromatic carbocycles. The van der Waals surface area contributed by atoms with Crippen LogP contribution in [0, 0.1) is 0 Å². The number of hydrogen-bond donors (Lipinski definition) is 0. The second-order valence-corrected chi connectivity index (χ2v) is 14.8. The molecule has 0 N–H and O–H groups in total. The largest absolute Gasteiger partial charge is 0.309 e. The maximum atomic E-state index is 13.7. The van der Waals surface area contributed by atoms with Crippen LogP contribution >= 0.6 is 11.8 Å². The quantitative estimate of drug-likeness (QED) is 0.185. The van der Waals surface area contributed by atoms with E-state index in [-0.39, 0.29) is 9.79 Å². The van der Waals surface area contributed by atoms with E-state index in [1.54, 1.807) is 36.0 Å². The van der Waals surface area contributed by atoms with Crippen molar-refractivity contribution in [3.63, 3.8) is 0 Å². The molecule has 1 aromatic heterocycles. The maximum absolute atomic E-state index is 13.7. The standard InChI is InChI=1S/C42H28N2O2S2/c45-48(46,34-27-23-32(24-28-34)44-39-13-5-7-15-41(39)47-42-16-8-6-14-40(42)44)33-25-19-30(20-26-33)29-17-21-31(22-18-29)43-37-11-3-1-9-35(37)36-10-2-4-12-38(36)43/h1-28H. The number of para-hydroxylation sites is 4. The molecule has 2 heterocycles. The molecule has 0 radical (unpaired) electrons. The molecule has 0 saturated heterocycles. The molecule has 48 heavy (non-hydrogen) atoms. The predicted molar refractivity (Wildman–Crippen MR) is 197 cm³/mol. The first kappa shape index (κ1) is 28.6. The predicted octanol–water partition coefficient (Wildman–Crippen LogP) is 11.2. The van der Waals surface area contributed by atoms with E-state index in [1.807, 2.05) is 48.5 Å². The van der Waals surface area contributed by atoms with Crippen molar-refractivity contribution in [2.24, 2.45) is 0 Å². The summed E-state index contributed by atoms with van der Waals surface area (Å²) in [6.45, 7) is 0. The van der Waals surface area contributed by atoms with E-state index in [4.69, 9.17) is 0 Å². The molecular weight excluding hydrogens is 629 g/mol. The summed E-state index contributed by atoms with van der Waals surface area (Å²) < 4.78 is 29.8. The van der Waals surface area contributed by atoms with Crippen LogP contribution in [0.4, 0.5) is 17.1 Å². The molecule has 0 fully saturated rings. The van der Waals surface area contributed by atoms with Crippen LogP contribution in [-0.4, -0.2) is 13.0 Å². The minimum absolute atomic E-state index is 0.266. The summed E-state index contributed by atoms with van der Waals surface area (Å²) >= 11 is 1.75. The van der Waals surface area contributed by atoms with Crippen LogP contribution in [0.25, 0.3) is 38.6 Å². The minimum Gasteiger partial charge on any atom is -0.309 e. The highest BCUT2D eigenvalue weighted by Crippen LogP contribution is 2.51. The highest BCUT2D eigenvalue weighted by atomic mass is 32.2. The SMILES string of the molecule is O=S(=O)(c1ccc(-c2ccc(-n3c4ccccc4c4ccccc43)cc2)cc1)c1ccc(N2c3ccccc3Sc3ccccc32)cc1. The van der Waals surface area contributed by atoms with Crippen molar-refractivity contribution in [2.75, 3.05) is 4.90 Å². The molecule has 0 unspecified atom stereocenters. The molecule has 0 bridgehead atoms. The Kier molecular flexibility index (Phi) is 6.74. The topological polar surface area (TPSA) is 42.3 Å². The van der Waals surface area contributed by atoms with E-state index in [2.05, 4.69) is 107 Å². The first-order valence-electron chi connectivity index (χ1n) is 15.8. The summed E-state index contributed by atoms with van der Waals surface area (Å²) in [7, 11) is -3.71. The molecule has 6 heteroatoms. The van der Waals surface area contributed by atoms with Gasteiger partial charge in [-0.05, 0) is 96.1 Å². The van der Waals surface area contributed by atoms with Crippen LogP contribution in [0.5, 0.6) is 0 Å². The average molecular weight is 657 g/mol. The normalized spacial score (nSPS) is 12.6. The molecule has 9 rings (SSSR count). The third kappa shape index (κ3) is 4.64. The van der Waals surface area contributed by atoms with Crippen molar-refractivity contribution < 1.29 is 8.42 Å². The Morgan fingerprint density at radius 3 is 1.38 bits per heavy atom. The van der Waals surface area contributed by atoms with Gasteiger partial charge in [-0.3, -0.25) is 0 Å². The number of anilines is 3. The lowest BCUT2D eigenvalue weighted by atomic mass is 10.1. The molecular formula is C42H28N2O2S2. The Morgan fingerprint density at radius 2 is 0.833 bits per heavy atom. The van der Waals surface area contributed by atoms with Gasteiger partial charge in [-0.2, -0.15) is 0 Å². The molecule has 0 spiro atoms. The smallest absolute Gasteiger partial charge is 0.206 e. The van der Waals surface area contributed by atoms with Gasteiger partial charge in [-0.1, -0.05) is 96.7 Å². The first-order valence-corrected chi connectivity index (χ1v) is 18.1. The summed E-state index contributed by atoms with van der Waals surface area (Å²) in [5.74, 6) is 0. The fraction of sp³-hybridized carbons (Fsp3) is 0. The van der Waals surface area contributed by atoms with Gasteiger partial charge in [0.1, 0.15) is 0 Å². The van der Waals surface area contributed by atoms with E-state index in [0.29, 0.717) is 0 Å². The van der Waals surface area contributed by atoms with Crippen molar-refractivity contribution in [2.45, 2.75) is 19.6 Å². The van der Waals surface area contributed by atoms with Crippen molar-refractivity contribution in [1.29, 1.82) is 0 Å². The van der Waals surface area contributed by atoms with Gasteiger partial charge in [0.25, 0.3) is 0 Å². The van der Waals surface area contributed by atoms with E-state index >= 15 is 0 Å². The van der Waals surface area contributed by atoms with Crippen molar-refractivity contribution in [3.8, 4) is 16.8 Å². The Bertz CT molecular complexity index is 2490. The van der Waals surface area contributed by atoms with Gasteiger partial charge < -0.3 is 9.47 Å². The second-order valence-electron chi connectivity index (χ2n) is 11.8. The van der Waals surface area contributed by atoms with E-state index in [0.717, 1.165) is 43.7 Å². The maximum Gasteiger partial charge on any atom is 0.206 e. The lowest BCUT2D eigenvalue weighted by Gasteiger charge is -2.32. The molecule has 0 saturated carbocycles. The van der Waals surface area contributed by atoms with E-state index in [1.165, 1.54) is 21.8 Å². The second kappa shape index (κ2) is 11.3. The zero-order chi connectivity index (χ0) is 32.2. The summed E-state index contributed by atoms with van der Waals surface area (Å²) in [5, 5.41) is 2.45. The van der Waals surface area contributed by atoms with E-state index in [9.17, 15) is 8.42 Å². The average Bonchev–Trinajstić information content (AvgIpc) is 3.48. The number of fused-ring (bicyclic) bond motifs is 5. The van der Waals surface area contributed by atoms with Crippen molar-refractivity contribution in [1.82, 2.24) is 4.57 Å². The van der Waals surface area contributed by atoms with E-state index < -0.39 is 9.84 Å². The third-order valence-electron chi connectivity index (χ3n) is 9.04. The third-order valence-corrected chi connectivity index (χ3v) is 12.0. The molecule has 1 aliphatic heterocycles. The Labute approximate surface area is 283 Å². The monoisotopic (exact) mass is 656 g/mol. The lowest BCUT2D eigenvalue weighted by molar-refractivity contribution is 0.596. The molecule has 0 atom stereocenters. The Morgan fingerprint density at radius 1 is 0.417 bits per heavy atom. The van der Waals surface area contributed by atoms with Crippen LogP contribution in [0.15, 0.2) is 189 Å². The van der Waals surface area contributed by atoms with Crippen molar-refractivity contribution >= 4 is 60.5 Å². The van der Waals surface area contributed by atoms with Gasteiger partial charge >= 0.3 is 0 Å². The molecule has 1 aliphatic rings. The summed E-state index contributed by atoms with van der Waals surface area (Å²) in [6, 6.07) is 56.3. The summed E-state index contributed by atoms with van der Waals surface area (Å²) in [4.78, 5) is 5.05. The van der Waals surface area contributed by atoms with Crippen LogP contribution in [0.3, 0.4) is 0 Å². The fourth-order valence-electron chi connectivity index (χ4n) is 6.72. The molecule has 0 amide bonds. The molecule has 230 valence electrons. The summed E-state index contributed by atoms with van der Waals surface area (Å²) in [5.41, 5.74) is 8.46. The summed E-state index contributed by atoms with van der Waals surface area (Å²) in [6.07, 6.45) is 0. The lowest BCUT2D eigenvalue weighted by Crippen LogP contribution is -2.14. The van der Waals surface area contributed by atoms with Gasteiger partial charge in [0, 0.05) is 31.9 Å². The molecule has 4 nitrogen and oxygen atoms in total. The number of nitrogens with zero attached hydrogens (tertiary/aromatic N) is 2. The van der Waals surface area contributed by atoms with Gasteiger partial charge in [-0.15, -0.1) is 0 Å². The van der Waals surface area contributed by atoms with Crippen LogP contribution in [0.2, 0.25) is 0 Å². The highest BCUT2D eigenvalue weighted by Gasteiger charge is 2.25. The highest BCUT2D eigenvalue weighted by molar-refractivity contribution is 7.99. The number of rotatable bonds is 5. The number of aromatic nitrogens is 1. The molecule has 8 aromatic rings. The molecule has 0 aliphatic carbocycles. The fourth-order valence-corrected chi connectivity index (χ4v) is 9.04. The van der Waals surface area contributed by atoms with Gasteiger partial charge in [0.15, 0.2) is 0 Å². The Balaban J connectivity index is 0.995. The van der Waals surface area contributed by atoms with Crippen LogP contribution < -0.4 is 4.90 Å². The van der Waals surface area contributed by atoms with Crippen molar-refractivity contribution in [3.05, 3.63) is 170 Å². The minimum atomic E-state index is -3.71. The van der Waals surface area contributed by atoms with Gasteiger partial charge in [0.05, 0.1) is 32.2 Å².